The minimum absolute atomic E-state index is 0.159. The summed E-state index contributed by atoms with van der Waals surface area (Å²) in [6.45, 7) is 0. The molecule has 0 unspecified atom stereocenters. The zero-order chi connectivity index (χ0) is 23.1. The highest BCUT2D eigenvalue weighted by molar-refractivity contribution is 14.1. The lowest BCUT2D eigenvalue weighted by molar-refractivity contribution is -0.135. The Bertz CT molecular complexity index is 1150. The largest absolute Gasteiger partial charge is 0.493 e. The van der Waals surface area contributed by atoms with Gasteiger partial charge in [0, 0.05) is 6.08 Å². The number of halogens is 1. The molecule has 0 aromatic heterocycles. The van der Waals surface area contributed by atoms with Crippen LogP contribution in [0.15, 0.2) is 63.6 Å². The van der Waals surface area contributed by atoms with Crippen molar-refractivity contribution >= 4 is 63.6 Å². The molecule has 9 nitrogen and oxygen atoms in total. The van der Waals surface area contributed by atoms with Crippen LogP contribution < -0.4 is 14.8 Å². The first-order valence-electron chi connectivity index (χ1n) is 8.96. The second-order valence-corrected chi connectivity index (χ2v) is 8.22. The molecule has 1 amide bonds. The number of methoxy groups -OCH3 is 2. The molecule has 0 bridgehead atoms. The molecule has 1 heterocycles. The van der Waals surface area contributed by atoms with E-state index in [0.717, 1.165) is 17.8 Å². The topological polar surface area (TPSA) is 116 Å². The van der Waals surface area contributed by atoms with Crippen LogP contribution in [0.5, 0.6) is 11.5 Å². The van der Waals surface area contributed by atoms with Gasteiger partial charge in [0.05, 0.1) is 34.5 Å². The number of amides is 1. The third-order valence-electron chi connectivity index (χ3n) is 3.91. The molecular formula is C21H16IN3O6S. The van der Waals surface area contributed by atoms with E-state index in [4.69, 9.17) is 9.47 Å². The summed E-state index contributed by atoms with van der Waals surface area (Å²) in [5.41, 5.74) is 1.05. The molecule has 1 aliphatic rings. The molecule has 0 saturated carbocycles. The number of thioether (sulfide) groups is 1. The van der Waals surface area contributed by atoms with Crippen LogP contribution in [-0.2, 0) is 14.3 Å². The number of carbonyl (C=O) groups excluding carboxylic acids is 3. The average molecular weight is 565 g/mol. The molecule has 2 aromatic rings. The molecule has 3 rings (SSSR count). The van der Waals surface area contributed by atoms with Gasteiger partial charge in [0.1, 0.15) is 0 Å². The second kappa shape index (κ2) is 10.9. The number of benzene rings is 2. The Labute approximate surface area is 201 Å². The van der Waals surface area contributed by atoms with Gasteiger partial charge >= 0.3 is 11.9 Å². The maximum Gasteiger partial charge on any atom is 0.343 e. The van der Waals surface area contributed by atoms with Crippen molar-refractivity contribution in [3.05, 3.63) is 68.1 Å². The lowest BCUT2D eigenvalue weighted by Crippen LogP contribution is -2.19. The van der Waals surface area contributed by atoms with Crippen molar-refractivity contribution < 1.29 is 28.6 Å². The molecular weight excluding hydrogens is 549 g/mol. The maximum absolute atomic E-state index is 12.4. The van der Waals surface area contributed by atoms with Gasteiger partial charge < -0.3 is 14.2 Å². The number of ether oxygens (including phenoxy) is 3. The van der Waals surface area contributed by atoms with Crippen molar-refractivity contribution in [2.45, 2.75) is 0 Å². The predicted octanol–water partition coefficient (Wildman–Crippen LogP) is 3.13. The molecule has 0 radical (unpaired) electrons. The number of carbonyl (C=O) groups is 3. The molecule has 1 aliphatic heterocycles. The second-order valence-electron chi connectivity index (χ2n) is 6.03. The monoisotopic (exact) mass is 565 g/mol. The molecule has 1 fully saturated rings. The third kappa shape index (κ3) is 5.95. The summed E-state index contributed by atoms with van der Waals surface area (Å²) in [7, 11) is 2.69. The zero-order valence-electron chi connectivity index (χ0n) is 16.8. The fourth-order valence-electron chi connectivity index (χ4n) is 2.43. The van der Waals surface area contributed by atoms with E-state index in [1.54, 1.807) is 36.4 Å². The van der Waals surface area contributed by atoms with Crippen molar-refractivity contribution in [2.75, 3.05) is 14.2 Å². The van der Waals surface area contributed by atoms with E-state index in [9.17, 15) is 14.4 Å². The van der Waals surface area contributed by atoms with Crippen LogP contribution in [-0.4, -0.2) is 43.4 Å². The highest BCUT2D eigenvalue weighted by atomic mass is 127. The van der Waals surface area contributed by atoms with E-state index in [1.807, 2.05) is 28.7 Å². The van der Waals surface area contributed by atoms with Crippen LogP contribution >= 0.6 is 34.4 Å². The van der Waals surface area contributed by atoms with Gasteiger partial charge in [0.2, 0.25) is 0 Å². The normalized spacial score (nSPS) is 15.8. The lowest BCUT2D eigenvalue weighted by atomic mass is 10.2. The van der Waals surface area contributed by atoms with Crippen molar-refractivity contribution in [3.8, 4) is 11.5 Å². The van der Waals surface area contributed by atoms with Gasteiger partial charge in [-0.25, -0.2) is 9.59 Å². The van der Waals surface area contributed by atoms with Gasteiger partial charge in [-0.2, -0.15) is 5.10 Å². The first-order chi connectivity index (χ1) is 15.4. The zero-order valence-corrected chi connectivity index (χ0v) is 19.8. The van der Waals surface area contributed by atoms with Gasteiger partial charge in [0.25, 0.3) is 5.91 Å². The van der Waals surface area contributed by atoms with Gasteiger partial charge in [-0.15, -0.1) is 5.10 Å². The van der Waals surface area contributed by atoms with E-state index in [-0.39, 0.29) is 10.1 Å². The summed E-state index contributed by atoms with van der Waals surface area (Å²) in [6.07, 6.45) is 2.53. The fraction of sp³-hybridized carbons (Fsp3) is 0.0952. The number of hydrogen-bond donors (Lipinski definition) is 1. The van der Waals surface area contributed by atoms with Crippen molar-refractivity contribution in [3.63, 3.8) is 0 Å². The highest BCUT2D eigenvalue weighted by Gasteiger charge is 2.25. The average Bonchev–Trinajstić information content (AvgIpc) is 3.14. The Morgan fingerprint density at radius 1 is 1.16 bits per heavy atom. The molecule has 1 saturated heterocycles. The summed E-state index contributed by atoms with van der Waals surface area (Å²) in [4.78, 5) is 35.6. The Balaban J connectivity index is 1.75. The van der Waals surface area contributed by atoms with Crippen LogP contribution in [0.25, 0.3) is 0 Å². The summed E-state index contributed by atoms with van der Waals surface area (Å²) < 4.78 is 16.0. The predicted molar refractivity (Wildman–Crippen MR) is 128 cm³/mol. The summed E-state index contributed by atoms with van der Waals surface area (Å²) in [6, 6.07) is 12.0. The number of rotatable bonds is 6. The summed E-state index contributed by atoms with van der Waals surface area (Å²) >= 11 is 3.00. The van der Waals surface area contributed by atoms with E-state index in [2.05, 4.69) is 20.3 Å². The fourth-order valence-corrected chi connectivity index (χ4v) is 3.90. The van der Waals surface area contributed by atoms with Crippen molar-refractivity contribution in [1.29, 1.82) is 0 Å². The van der Waals surface area contributed by atoms with E-state index >= 15 is 0 Å². The minimum atomic E-state index is -0.637. The molecule has 11 heteroatoms. The van der Waals surface area contributed by atoms with E-state index in [0.29, 0.717) is 26.2 Å². The highest BCUT2D eigenvalue weighted by Crippen LogP contribution is 2.34. The first-order valence-corrected chi connectivity index (χ1v) is 10.9. The van der Waals surface area contributed by atoms with E-state index in [1.165, 1.54) is 20.4 Å². The molecule has 0 atom stereocenters. The Morgan fingerprint density at radius 2 is 1.91 bits per heavy atom. The van der Waals surface area contributed by atoms with Gasteiger partial charge in [-0.05, 0) is 64.2 Å². The van der Waals surface area contributed by atoms with Crippen LogP contribution in [0, 0.1) is 3.57 Å². The number of hydrogen-bond acceptors (Lipinski definition) is 9. The Morgan fingerprint density at radius 3 is 2.59 bits per heavy atom. The molecule has 0 spiro atoms. The van der Waals surface area contributed by atoms with Crippen molar-refractivity contribution in [1.82, 2.24) is 5.32 Å². The number of amidine groups is 1. The smallest absolute Gasteiger partial charge is 0.343 e. The first kappa shape index (κ1) is 23.5. The van der Waals surface area contributed by atoms with Crippen molar-refractivity contribution in [2.24, 2.45) is 10.2 Å². The molecule has 2 aromatic carbocycles. The van der Waals surface area contributed by atoms with Gasteiger partial charge in [0.15, 0.2) is 16.7 Å². The minimum Gasteiger partial charge on any atom is -0.493 e. The SMILES string of the molecule is COC(=O)/C=C1/S/C(=N\N=Cc2cc(I)c(OC(=O)c3ccccc3)c(OC)c2)NC1=O. The van der Waals surface area contributed by atoms with Crippen LogP contribution in [0.3, 0.4) is 0 Å². The standard InChI is InChI=1S/C21H16IN3O6S/c1-29-15-9-12(8-14(22)18(15)31-20(28)13-6-4-3-5-7-13)11-23-25-21-24-19(27)16(32-21)10-17(26)30-2/h3-11H,1-2H3,(H,24,25,27)/b16-10+,23-11?. The van der Waals surface area contributed by atoms with Crippen LogP contribution in [0.2, 0.25) is 0 Å². The van der Waals surface area contributed by atoms with Crippen LogP contribution in [0.1, 0.15) is 15.9 Å². The molecule has 32 heavy (non-hydrogen) atoms. The third-order valence-corrected chi connectivity index (χ3v) is 5.61. The number of esters is 2. The van der Waals surface area contributed by atoms with E-state index < -0.39 is 17.8 Å². The van der Waals surface area contributed by atoms with Gasteiger partial charge in [-0.3, -0.25) is 10.1 Å². The lowest BCUT2D eigenvalue weighted by Gasteiger charge is -2.12. The van der Waals surface area contributed by atoms with Crippen LogP contribution in [0.4, 0.5) is 0 Å². The summed E-state index contributed by atoms with van der Waals surface area (Å²) in [5, 5.41) is 10.6. The maximum atomic E-state index is 12.4. The number of nitrogens with one attached hydrogen (secondary N) is 1. The molecule has 1 N–H and O–H groups in total. The quantitative estimate of drug-likeness (QED) is 0.143. The van der Waals surface area contributed by atoms with Gasteiger partial charge in [-0.1, -0.05) is 18.2 Å². The Kier molecular flexibility index (Phi) is 8.00. The number of nitrogens with zero attached hydrogens (tertiary/aromatic N) is 2. The molecule has 164 valence electrons. The Hall–Kier alpha value is -3.19. The molecule has 0 aliphatic carbocycles. The summed E-state index contributed by atoms with van der Waals surface area (Å²) in [5.74, 6) is -0.958.